The van der Waals surface area contributed by atoms with E-state index < -0.39 is 0 Å². The second-order valence-corrected chi connectivity index (χ2v) is 17.9. The molecule has 0 atom stereocenters. The van der Waals surface area contributed by atoms with Crippen molar-refractivity contribution < 1.29 is 0 Å². The van der Waals surface area contributed by atoms with Gasteiger partial charge in [0, 0.05) is 53.4 Å². The summed E-state index contributed by atoms with van der Waals surface area (Å²) in [5.74, 6) is 0. The monoisotopic (exact) mass is 844 g/mol. The van der Waals surface area contributed by atoms with E-state index >= 15 is 0 Å². The van der Waals surface area contributed by atoms with Crippen LogP contribution >= 0.6 is 11.3 Å². The van der Waals surface area contributed by atoms with E-state index in [0.29, 0.717) is 0 Å². The molecule has 0 N–H and O–H groups in total. The summed E-state index contributed by atoms with van der Waals surface area (Å²) in [7, 11) is 0. The lowest BCUT2D eigenvalue weighted by Gasteiger charge is -2.29. The van der Waals surface area contributed by atoms with E-state index in [4.69, 9.17) is 0 Å². The molecule has 65 heavy (non-hydrogen) atoms. The summed E-state index contributed by atoms with van der Waals surface area (Å²) in [4.78, 5) is 2.48. The molecule has 0 amide bonds. The Morgan fingerprint density at radius 1 is 0.308 bits per heavy atom. The first-order valence-electron chi connectivity index (χ1n) is 22.2. The van der Waals surface area contributed by atoms with E-state index in [1.807, 2.05) is 11.3 Å². The van der Waals surface area contributed by atoms with Crippen LogP contribution < -0.4 is 4.90 Å². The maximum absolute atomic E-state index is 2.48. The van der Waals surface area contributed by atoms with Crippen molar-refractivity contribution in [3.05, 3.63) is 243 Å². The predicted octanol–water partition coefficient (Wildman–Crippen LogP) is 17.9. The van der Waals surface area contributed by atoms with Crippen molar-refractivity contribution in [2.24, 2.45) is 0 Å². The summed E-state index contributed by atoms with van der Waals surface area (Å²) >= 11 is 1.86. The van der Waals surface area contributed by atoms with Crippen molar-refractivity contribution in [2.75, 3.05) is 4.90 Å². The third-order valence-electron chi connectivity index (χ3n) is 13.2. The molecule has 0 bridgehead atoms. The SMILES string of the molecule is c1ccc(-c2ccc(-c3cc4ccccc4c4ccccc34)cc2N(c2ccc(-c3ccccc3-n3c4ccccc4c4ccccc43)cc2)c2ccc3sc4ccccc4c3c2)cc1. The molecule has 11 aromatic carbocycles. The summed E-state index contributed by atoms with van der Waals surface area (Å²) in [5.41, 5.74) is 13.9. The Labute approximate surface area is 381 Å². The lowest BCUT2D eigenvalue weighted by Crippen LogP contribution is -2.11. The first-order valence-corrected chi connectivity index (χ1v) is 23.1. The van der Waals surface area contributed by atoms with Crippen LogP contribution in [0.15, 0.2) is 243 Å². The van der Waals surface area contributed by atoms with Gasteiger partial charge in [-0.3, -0.25) is 0 Å². The molecular formula is C62H40N2S. The number of hydrogen-bond donors (Lipinski definition) is 0. The van der Waals surface area contributed by atoms with Gasteiger partial charge in [-0.25, -0.2) is 0 Å². The van der Waals surface area contributed by atoms with Crippen LogP contribution in [0.2, 0.25) is 0 Å². The van der Waals surface area contributed by atoms with Crippen LogP contribution in [0.1, 0.15) is 0 Å². The van der Waals surface area contributed by atoms with Gasteiger partial charge in [0.25, 0.3) is 0 Å². The molecule has 304 valence electrons. The molecule has 0 aliphatic heterocycles. The zero-order valence-electron chi connectivity index (χ0n) is 35.4. The maximum atomic E-state index is 2.48. The van der Waals surface area contributed by atoms with E-state index in [-0.39, 0.29) is 0 Å². The highest BCUT2D eigenvalue weighted by molar-refractivity contribution is 7.25. The molecule has 0 aliphatic carbocycles. The quantitative estimate of drug-likeness (QED) is 0.145. The van der Waals surface area contributed by atoms with E-state index in [2.05, 4.69) is 252 Å². The Bertz CT molecular complexity index is 3900. The van der Waals surface area contributed by atoms with Crippen LogP contribution in [0.25, 0.3) is 103 Å². The van der Waals surface area contributed by atoms with Gasteiger partial charge in [-0.1, -0.05) is 176 Å². The van der Waals surface area contributed by atoms with Crippen molar-refractivity contribution >= 4 is 91.9 Å². The van der Waals surface area contributed by atoms with Crippen molar-refractivity contribution in [3.63, 3.8) is 0 Å². The summed E-state index contributed by atoms with van der Waals surface area (Å²) in [6, 6.07) is 89.2. The Hall–Kier alpha value is -8.24. The fourth-order valence-corrected chi connectivity index (χ4v) is 11.3. The lowest BCUT2D eigenvalue weighted by atomic mass is 9.91. The number of nitrogens with zero attached hydrogens (tertiary/aromatic N) is 2. The molecule has 2 heterocycles. The highest BCUT2D eigenvalue weighted by Crippen LogP contribution is 2.47. The van der Waals surface area contributed by atoms with Crippen LogP contribution in [0, 0.1) is 0 Å². The second-order valence-electron chi connectivity index (χ2n) is 16.8. The first-order chi connectivity index (χ1) is 32.2. The number of thiophene rings is 1. The molecule has 0 saturated heterocycles. The number of anilines is 3. The van der Waals surface area contributed by atoms with Crippen LogP contribution in [-0.2, 0) is 0 Å². The fourth-order valence-electron chi connectivity index (χ4n) is 10.2. The van der Waals surface area contributed by atoms with Gasteiger partial charge in [0.15, 0.2) is 0 Å². The Morgan fingerprint density at radius 3 is 1.66 bits per heavy atom. The van der Waals surface area contributed by atoms with Gasteiger partial charge in [0.05, 0.1) is 22.4 Å². The minimum Gasteiger partial charge on any atom is -0.310 e. The van der Waals surface area contributed by atoms with Crippen molar-refractivity contribution in [1.29, 1.82) is 0 Å². The zero-order chi connectivity index (χ0) is 42.8. The van der Waals surface area contributed by atoms with Gasteiger partial charge in [-0.15, -0.1) is 11.3 Å². The number of rotatable bonds is 7. The number of aromatic nitrogens is 1. The highest BCUT2D eigenvalue weighted by Gasteiger charge is 2.22. The standard InChI is InChI=1S/C62H40N2S/c1-2-16-41(17-3-1)49-36-32-44(55-38-43-18-4-5-19-47(43)50-21-6-7-22-51(50)55)39-60(49)63(46-35-37-62-56(40-46)54-25-11-15-29-61(54)65-62)45-33-30-42(31-34-45)48-20-8-12-26-57(48)64-58-27-13-9-23-52(58)53-24-10-14-28-59(53)64/h1-40H. The lowest BCUT2D eigenvalue weighted by molar-refractivity contribution is 1.18. The number of fused-ring (bicyclic) bond motifs is 9. The highest BCUT2D eigenvalue weighted by atomic mass is 32.1. The fraction of sp³-hybridized carbons (Fsp3) is 0. The molecule has 0 radical (unpaired) electrons. The second kappa shape index (κ2) is 15.2. The molecule has 13 aromatic rings. The Balaban J connectivity index is 1.04. The number of hydrogen-bond acceptors (Lipinski definition) is 2. The van der Waals surface area contributed by atoms with Crippen molar-refractivity contribution in [3.8, 4) is 39.1 Å². The van der Waals surface area contributed by atoms with Gasteiger partial charge in [0.2, 0.25) is 0 Å². The van der Waals surface area contributed by atoms with Gasteiger partial charge < -0.3 is 9.47 Å². The van der Waals surface area contributed by atoms with Crippen molar-refractivity contribution in [1.82, 2.24) is 4.57 Å². The molecule has 2 aromatic heterocycles. The molecule has 0 saturated carbocycles. The topological polar surface area (TPSA) is 8.17 Å². The van der Waals surface area contributed by atoms with E-state index in [9.17, 15) is 0 Å². The third-order valence-corrected chi connectivity index (χ3v) is 14.3. The van der Waals surface area contributed by atoms with E-state index in [1.54, 1.807) is 0 Å². The minimum atomic E-state index is 1.08. The van der Waals surface area contributed by atoms with Crippen LogP contribution in [0.3, 0.4) is 0 Å². The number of benzene rings is 11. The molecule has 0 aliphatic rings. The largest absolute Gasteiger partial charge is 0.310 e. The van der Waals surface area contributed by atoms with Gasteiger partial charge >= 0.3 is 0 Å². The van der Waals surface area contributed by atoms with Gasteiger partial charge in [-0.05, 0) is 111 Å². The minimum absolute atomic E-state index is 1.08. The predicted molar refractivity (Wildman–Crippen MR) is 280 cm³/mol. The average molecular weight is 845 g/mol. The average Bonchev–Trinajstić information content (AvgIpc) is 3.92. The number of para-hydroxylation sites is 3. The summed E-state index contributed by atoms with van der Waals surface area (Å²) in [6.07, 6.45) is 0. The Kier molecular flexibility index (Phi) is 8.75. The van der Waals surface area contributed by atoms with Gasteiger partial charge in [-0.2, -0.15) is 0 Å². The summed E-state index contributed by atoms with van der Waals surface area (Å²) in [6.45, 7) is 0. The zero-order valence-corrected chi connectivity index (χ0v) is 36.2. The van der Waals surface area contributed by atoms with E-state index in [1.165, 1.54) is 85.8 Å². The first kappa shape index (κ1) is 37.3. The summed E-state index contributed by atoms with van der Waals surface area (Å²) in [5, 5.41) is 10.1. The smallest absolute Gasteiger partial charge is 0.0546 e. The van der Waals surface area contributed by atoms with Crippen LogP contribution in [0.5, 0.6) is 0 Å². The molecule has 0 spiro atoms. The van der Waals surface area contributed by atoms with Crippen molar-refractivity contribution in [2.45, 2.75) is 0 Å². The summed E-state index contributed by atoms with van der Waals surface area (Å²) < 4.78 is 5.01. The molecule has 2 nitrogen and oxygen atoms in total. The molecule has 0 unspecified atom stereocenters. The van der Waals surface area contributed by atoms with Gasteiger partial charge in [0.1, 0.15) is 0 Å². The normalized spacial score (nSPS) is 11.7. The Morgan fingerprint density at radius 2 is 0.877 bits per heavy atom. The van der Waals surface area contributed by atoms with E-state index in [0.717, 1.165) is 33.9 Å². The van der Waals surface area contributed by atoms with Crippen LogP contribution in [0.4, 0.5) is 17.1 Å². The maximum Gasteiger partial charge on any atom is 0.0546 e. The van der Waals surface area contributed by atoms with Crippen LogP contribution in [-0.4, -0.2) is 4.57 Å². The third kappa shape index (κ3) is 6.16. The molecule has 3 heteroatoms. The molecular weight excluding hydrogens is 805 g/mol. The molecule has 0 fully saturated rings. The molecule has 13 rings (SSSR count).